The Balaban J connectivity index is 1.48. The second-order valence-corrected chi connectivity index (χ2v) is 7.25. The Bertz CT molecular complexity index is 831. The number of H-pyrrole nitrogens is 1. The zero-order chi connectivity index (χ0) is 15.8. The second-order valence-electron chi connectivity index (χ2n) is 6.28. The molecule has 0 bridgehead atoms. The van der Waals surface area contributed by atoms with E-state index in [4.69, 9.17) is 0 Å². The molecule has 1 aromatic carbocycles. The maximum absolute atomic E-state index is 12.5. The summed E-state index contributed by atoms with van der Waals surface area (Å²) in [5, 5.41) is 5.01. The smallest absolute Gasteiger partial charge is 0.252 e. The molecule has 1 amide bonds. The Hall–Kier alpha value is -2.14. The Morgan fingerprint density at radius 2 is 2.30 bits per heavy atom. The molecule has 0 saturated heterocycles. The summed E-state index contributed by atoms with van der Waals surface area (Å²) in [6.07, 6.45) is 3.30. The fraction of sp³-hybridized carbons (Fsp3) is 0.333. The standard InChI is InChI=1S/C18H19N3OS/c1-11-6-7-12-13(10-23-16(12)8-11)18(22)19-9-17-20-14-4-2-3-5-15(14)21-17/h2-5,10-11H,6-9H2,1H3,(H,19,22)(H,20,21). The number of para-hydroxylation sites is 2. The number of nitrogens with zero attached hydrogens (tertiary/aromatic N) is 1. The zero-order valence-electron chi connectivity index (χ0n) is 13.1. The second kappa shape index (κ2) is 5.81. The van der Waals surface area contributed by atoms with Crippen molar-refractivity contribution in [1.29, 1.82) is 0 Å². The van der Waals surface area contributed by atoms with Crippen LogP contribution in [0.15, 0.2) is 29.6 Å². The predicted molar refractivity (Wildman–Crippen MR) is 92.8 cm³/mol. The van der Waals surface area contributed by atoms with Crippen molar-refractivity contribution in [2.24, 2.45) is 5.92 Å². The van der Waals surface area contributed by atoms with Gasteiger partial charge in [-0.15, -0.1) is 11.3 Å². The molecule has 1 unspecified atom stereocenters. The number of aromatic amines is 1. The SMILES string of the molecule is CC1CCc2c(C(=O)NCc3nc4ccccc4[nH]3)csc2C1. The first-order chi connectivity index (χ1) is 11.2. The summed E-state index contributed by atoms with van der Waals surface area (Å²) in [5.74, 6) is 1.53. The van der Waals surface area contributed by atoms with E-state index in [-0.39, 0.29) is 5.91 Å². The van der Waals surface area contributed by atoms with E-state index in [9.17, 15) is 4.79 Å². The molecule has 23 heavy (non-hydrogen) atoms. The van der Waals surface area contributed by atoms with Gasteiger partial charge in [-0.3, -0.25) is 4.79 Å². The lowest BCUT2D eigenvalue weighted by atomic mass is 9.88. The highest BCUT2D eigenvalue weighted by molar-refractivity contribution is 7.10. The summed E-state index contributed by atoms with van der Waals surface area (Å²) in [6, 6.07) is 7.89. The molecule has 0 aliphatic heterocycles. The average Bonchev–Trinajstić information content (AvgIpc) is 3.15. The van der Waals surface area contributed by atoms with Gasteiger partial charge in [-0.05, 0) is 42.9 Å². The monoisotopic (exact) mass is 325 g/mol. The number of benzene rings is 1. The molecule has 0 saturated carbocycles. The third kappa shape index (κ3) is 2.77. The van der Waals surface area contributed by atoms with Crippen LogP contribution in [0.1, 0.15) is 40.0 Å². The number of fused-ring (bicyclic) bond motifs is 2. The molecule has 1 aliphatic rings. The fourth-order valence-corrected chi connectivity index (χ4v) is 4.46. The van der Waals surface area contributed by atoms with Crippen LogP contribution in [-0.4, -0.2) is 15.9 Å². The molecule has 2 heterocycles. The Morgan fingerprint density at radius 1 is 1.43 bits per heavy atom. The van der Waals surface area contributed by atoms with E-state index in [1.165, 1.54) is 16.9 Å². The number of hydrogen-bond acceptors (Lipinski definition) is 3. The van der Waals surface area contributed by atoms with Crippen LogP contribution in [0, 0.1) is 5.92 Å². The number of thiophene rings is 1. The van der Waals surface area contributed by atoms with Crippen molar-refractivity contribution in [3.8, 4) is 0 Å². The quantitative estimate of drug-likeness (QED) is 0.772. The molecule has 1 atom stereocenters. The summed E-state index contributed by atoms with van der Waals surface area (Å²) in [4.78, 5) is 21.6. The van der Waals surface area contributed by atoms with Gasteiger partial charge in [0, 0.05) is 10.3 Å². The lowest BCUT2D eigenvalue weighted by molar-refractivity contribution is 0.0949. The van der Waals surface area contributed by atoms with E-state index >= 15 is 0 Å². The molecule has 0 spiro atoms. The van der Waals surface area contributed by atoms with Crippen molar-refractivity contribution in [1.82, 2.24) is 15.3 Å². The fourth-order valence-electron chi connectivity index (χ4n) is 3.22. The molecule has 4 nitrogen and oxygen atoms in total. The van der Waals surface area contributed by atoms with Gasteiger partial charge in [-0.1, -0.05) is 19.1 Å². The van der Waals surface area contributed by atoms with Crippen molar-refractivity contribution in [3.63, 3.8) is 0 Å². The van der Waals surface area contributed by atoms with E-state index in [1.807, 2.05) is 29.6 Å². The van der Waals surface area contributed by atoms with Gasteiger partial charge in [0.1, 0.15) is 5.82 Å². The summed E-state index contributed by atoms with van der Waals surface area (Å²) in [6.45, 7) is 2.71. The molecule has 0 fully saturated rings. The molecule has 2 aromatic heterocycles. The van der Waals surface area contributed by atoms with E-state index in [0.717, 1.165) is 41.2 Å². The highest BCUT2D eigenvalue weighted by atomic mass is 32.1. The van der Waals surface area contributed by atoms with Crippen LogP contribution in [0.2, 0.25) is 0 Å². The minimum atomic E-state index is 0.0116. The number of aromatic nitrogens is 2. The summed E-state index contributed by atoms with van der Waals surface area (Å²) in [5.41, 5.74) is 4.04. The first-order valence-electron chi connectivity index (χ1n) is 8.02. The van der Waals surface area contributed by atoms with Gasteiger partial charge in [-0.2, -0.15) is 0 Å². The summed E-state index contributed by atoms with van der Waals surface area (Å²) >= 11 is 1.73. The topological polar surface area (TPSA) is 57.8 Å². The molecule has 3 aromatic rings. The van der Waals surface area contributed by atoms with Crippen molar-refractivity contribution in [3.05, 3.63) is 51.5 Å². The largest absolute Gasteiger partial charge is 0.345 e. The molecule has 1 aliphatic carbocycles. The number of carbonyl (C=O) groups excluding carboxylic acids is 1. The molecule has 4 rings (SSSR count). The number of nitrogens with one attached hydrogen (secondary N) is 2. The van der Waals surface area contributed by atoms with Gasteiger partial charge < -0.3 is 10.3 Å². The van der Waals surface area contributed by atoms with Gasteiger partial charge in [0.2, 0.25) is 0 Å². The highest BCUT2D eigenvalue weighted by Crippen LogP contribution is 2.32. The van der Waals surface area contributed by atoms with Crippen LogP contribution in [0.5, 0.6) is 0 Å². The van der Waals surface area contributed by atoms with E-state index in [1.54, 1.807) is 11.3 Å². The van der Waals surface area contributed by atoms with Crippen LogP contribution >= 0.6 is 11.3 Å². The molecular formula is C18H19N3OS. The number of amides is 1. The third-order valence-electron chi connectivity index (χ3n) is 4.50. The average molecular weight is 325 g/mol. The van der Waals surface area contributed by atoms with Crippen LogP contribution in [0.4, 0.5) is 0 Å². The first-order valence-corrected chi connectivity index (χ1v) is 8.89. The van der Waals surface area contributed by atoms with Gasteiger partial charge >= 0.3 is 0 Å². The molecule has 0 radical (unpaired) electrons. The Morgan fingerprint density at radius 3 is 3.17 bits per heavy atom. The minimum Gasteiger partial charge on any atom is -0.345 e. The van der Waals surface area contributed by atoms with Gasteiger partial charge in [-0.25, -0.2) is 4.98 Å². The van der Waals surface area contributed by atoms with Gasteiger partial charge in [0.15, 0.2) is 0 Å². The van der Waals surface area contributed by atoms with E-state index < -0.39 is 0 Å². The van der Waals surface area contributed by atoms with E-state index in [0.29, 0.717) is 6.54 Å². The highest BCUT2D eigenvalue weighted by Gasteiger charge is 2.23. The maximum Gasteiger partial charge on any atom is 0.252 e. The van der Waals surface area contributed by atoms with Crippen molar-refractivity contribution < 1.29 is 4.79 Å². The lowest BCUT2D eigenvalue weighted by Gasteiger charge is -2.18. The normalized spacial score (nSPS) is 17.2. The lowest BCUT2D eigenvalue weighted by Crippen LogP contribution is -2.24. The van der Waals surface area contributed by atoms with Crippen molar-refractivity contribution in [2.45, 2.75) is 32.7 Å². The van der Waals surface area contributed by atoms with Gasteiger partial charge in [0.05, 0.1) is 23.1 Å². The van der Waals surface area contributed by atoms with Crippen LogP contribution < -0.4 is 5.32 Å². The summed E-state index contributed by atoms with van der Waals surface area (Å²) < 4.78 is 0. The first kappa shape index (κ1) is 14.5. The molecular weight excluding hydrogens is 306 g/mol. The molecule has 2 N–H and O–H groups in total. The number of carbonyl (C=O) groups is 1. The number of imidazole rings is 1. The Kier molecular flexibility index (Phi) is 3.65. The van der Waals surface area contributed by atoms with Crippen molar-refractivity contribution in [2.75, 3.05) is 0 Å². The van der Waals surface area contributed by atoms with Crippen LogP contribution in [0.25, 0.3) is 11.0 Å². The predicted octanol–water partition coefficient (Wildman–Crippen LogP) is 3.68. The third-order valence-corrected chi connectivity index (χ3v) is 5.55. The zero-order valence-corrected chi connectivity index (χ0v) is 13.9. The molecule has 5 heteroatoms. The number of rotatable bonds is 3. The Labute approximate surface area is 138 Å². The van der Waals surface area contributed by atoms with Crippen LogP contribution in [-0.2, 0) is 19.4 Å². The van der Waals surface area contributed by atoms with Crippen LogP contribution in [0.3, 0.4) is 0 Å². The molecule has 118 valence electrons. The van der Waals surface area contributed by atoms with E-state index in [2.05, 4.69) is 22.2 Å². The maximum atomic E-state index is 12.5. The number of hydrogen-bond donors (Lipinski definition) is 2. The summed E-state index contributed by atoms with van der Waals surface area (Å²) in [7, 11) is 0. The van der Waals surface area contributed by atoms with Crippen molar-refractivity contribution >= 4 is 28.3 Å². The van der Waals surface area contributed by atoms with Gasteiger partial charge in [0.25, 0.3) is 5.91 Å². The minimum absolute atomic E-state index is 0.0116.